The SMILES string of the molecule is CCOc1c(Oc2ccccc2)c(OC2CCCCC2)c(Oc2cccc3ccccc23)c(OC(C)C)c1Oc1ccccc1OC. The van der Waals surface area contributed by atoms with Gasteiger partial charge in [0.05, 0.1) is 25.9 Å². The van der Waals surface area contributed by atoms with Gasteiger partial charge in [-0.15, -0.1) is 0 Å². The van der Waals surface area contributed by atoms with Crippen molar-refractivity contribution in [2.24, 2.45) is 0 Å². The summed E-state index contributed by atoms with van der Waals surface area (Å²) in [4.78, 5) is 0. The molecule has 244 valence electrons. The summed E-state index contributed by atoms with van der Waals surface area (Å²) in [5, 5.41) is 1.99. The minimum atomic E-state index is -0.247. The Labute approximate surface area is 276 Å². The molecular formula is C40H42O7. The van der Waals surface area contributed by atoms with Crippen LogP contribution in [-0.2, 0) is 0 Å². The number of ether oxygens (including phenoxy) is 7. The Morgan fingerprint density at radius 3 is 1.96 bits per heavy atom. The zero-order valence-corrected chi connectivity index (χ0v) is 27.5. The molecule has 0 bridgehead atoms. The van der Waals surface area contributed by atoms with Crippen LogP contribution in [-0.4, -0.2) is 25.9 Å². The second kappa shape index (κ2) is 15.0. The Hall–Kier alpha value is -5.04. The van der Waals surface area contributed by atoms with E-state index in [1.54, 1.807) is 7.11 Å². The summed E-state index contributed by atoms with van der Waals surface area (Å²) in [5.41, 5.74) is 0. The average molecular weight is 635 g/mol. The van der Waals surface area contributed by atoms with E-state index in [1.807, 2.05) is 106 Å². The van der Waals surface area contributed by atoms with Gasteiger partial charge in [0.2, 0.25) is 34.5 Å². The molecule has 0 aliphatic heterocycles. The number of methoxy groups -OCH3 is 1. The van der Waals surface area contributed by atoms with Crippen molar-refractivity contribution in [1.29, 1.82) is 0 Å². The highest BCUT2D eigenvalue weighted by molar-refractivity contribution is 5.89. The maximum atomic E-state index is 6.95. The Kier molecular flexibility index (Phi) is 10.2. The van der Waals surface area contributed by atoms with E-state index in [2.05, 4.69) is 12.1 Å². The normalized spacial score (nSPS) is 13.3. The van der Waals surface area contributed by atoms with E-state index in [1.165, 1.54) is 6.42 Å². The van der Waals surface area contributed by atoms with E-state index >= 15 is 0 Å². The molecule has 0 unspecified atom stereocenters. The number of benzene rings is 5. The number of para-hydroxylation sites is 3. The second-order valence-corrected chi connectivity index (χ2v) is 11.7. The van der Waals surface area contributed by atoms with Crippen molar-refractivity contribution < 1.29 is 33.2 Å². The van der Waals surface area contributed by atoms with Gasteiger partial charge in [0.15, 0.2) is 11.5 Å². The molecule has 6 rings (SSSR count). The summed E-state index contributed by atoms with van der Waals surface area (Å²) >= 11 is 0. The zero-order valence-electron chi connectivity index (χ0n) is 27.5. The van der Waals surface area contributed by atoms with Crippen LogP contribution < -0.4 is 33.2 Å². The minimum Gasteiger partial charge on any atom is -0.493 e. The van der Waals surface area contributed by atoms with Crippen LogP contribution in [0.4, 0.5) is 0 Å². The lowest BCUT2D eigenvalue weighted by molar-refractivity contribution is 0.141. The highest BCUT2D eigenvalue weighted by Crippen LogP contribution is 2.62. The van der Waals surface area contributed by atoms with Crippen LogP contribution in [0, 0.1) is 0 Å². The summed E-state index contributed by atoms with van der Waals surface area (Å²) in [5.74, 6) is 4.36. The number of rotatable bonds is 13. The van der Waals surface area contributed by atoms with Gasteiger partial charge in [-0.3, -0.25) is 0 Å². The minimum absolute atomic E-state index is 0.0425. The van der Waals surface area contributed by atoms with Crippen molar-refractivity contribution in [2.75, 3.05) is 13.7 Å². The van der Waals surface area contributed by atoms with E-state index in [-0.39, 0.29) is 12.2 Å². The molecule has 0 aromatic heterocycles. The lowest BCUT2D eigenvalue weighted by Gasteiger charge is -2.29. The molecule has 5 aromatic rings. The van der Waals surface area contributed by atoms with Gasteiger partial charge >= 0.3 is 0 Å². The molecule has 0 radical (unpaired) electrons. The first-order valence-corrected chi connectivity index (χ1v) is 16.4. The topological polar surface area (TPSA) is 64.6 Å². The predicted octanol–water partition coefficient (Wildman–Crippen LogP) is 11.1. The molecule has 7 nitrogen and oxygen atoms in total. The van der Waals surface area contributed by atoms with Crippen LogP contribution in [0.3, 0.4) is 0 Å². The van der Waals surface area contributed by atoms with E-state index < -0.39 is 0 Å². The van der Waals surface area contributed by atoms with Crippen molar-refractivity contribution in [3.8, 4) is 57.5 Å². The summed E-state index contributed by atoms with van der Waals surface area (Å²) in [6.07, 6.45) is 4.90. The summed E-state index contributed by atoms with van der Waals surface area (Å²) in [6.45, 7) is 6.18. The maximum absolute atomic E-state index is 6.95. The molecule has 0 amide bonds. The van der Waals surface area contributed by atoms with Gasteiger partial charge in [-0.05, 0) is 82.2 Å². The molecule has 0 heterocycles. The zero-order chi connectivity index (χ0) is 32.6. The number of hydrogen-bond donors (Lipinski definition) is 0. The molecule has 7 heteroatoms. The molecule has 1 aliphatic carbocycles. The predicted molar refractivity (Wildman–Crippen MR) is 184 cm³/mol. The van der Waals surface area contributed by atoms with Gasteiger partial charge in [-0.25, -0.2) is 0 Å². The van der Waals surface area contributed by atoms with Crippen LogP contribution in [0.5, 0.6) is 57.5 Å². The monoisotopic (exact) mass is 634 g/mol. The summed E-state index contributed by atoms with van der Waals surface area (Å²) in [6, 6.07) is 31.1. The molecule has 1 saturated carbocycles. The fourth-order valence-corrected chi connectivity index (χ4v) is 5.79. The summed E-state index contributed by atoms with van der Waals surface area (Å²) < 4.78 is 46.0. The Morgan fingerprint density at radius 1 is 0.596 bits per heavy atom. The highest BCUT2D eigenvalue weighted by Gasteiger charge is 2.35. The third-order valence-corrected chi connectivity index (χ3v) is 7.92. The van der Waals surface area contributed by atoms with E-state index in [0.717, 1.165) is 36.5 Å². The molecular weight excluding hydrogens is 592 g/mol. The van der Waals surface area contributed by atoms with Gasteiger partial charge in [0.25, 0.3) is 0 Å². The van der Waals surface area contributed by atoms with Gasteiger partial charge in [0, 0.05) is 5.39 Å². The van der Waals surface area contributed by atoms with Crippen molar-refractivity contribution in [1.82, 2.24) is 0 Å². The maximum Gasteiger partial charge on any atom is 0.219 e. The van der Waals surface area contributed by atoms with Gasteiger partial charge in [-0.2, -0.15) is 0 Å². The van der Waals surface area contributed by atoms with Crippen LogP contribution in [0.1, 0.15) is 52.9 Å². The first kappa shape index (κ1) is 31.9. The number of fused-ring (bicyclic) bond motifs is 1. The fourth-order valence-electron chi connectivity index (χ4n) is 5.79. The Bertz CT molecular complexity index is 1770. The van der Waals surface area contributed by atoms with Crippen molar-refractivity contribution in [2.45, 2.75) is 65.1 Å². The Balaban J connectivity index is 1.66. The van der Waals surface area contributed by atoms with E-state index in [0.29, 0.717) is 64.1 Å². The van der Waals surface area contributed by atoms with Crippen LogP contribution in [0.15, 0.2) is 97.1 Å². The Morgan fingerprint density at radius 2 is 1.21 bits per heavy atom. The molecule has 0 spiro atoms. The van der Waals surface area contributed by atoms with Crippen LogP contribution >= 0.6 is 0 Å². The first-order valence-electron chi connectivity index (χ1n) is 16.4. The average Bonchev–Trinajstić information content (AvgIpc) is 3.10. The molecule has 0 N–H and O–H groups in total. The van der Waals surface area contributed by atoms with Crippen molar-refractivity contribution >= 4 is 10.8 Å². The quantitative estimate of drug-likeness (QED) is 0.128. The number of hydrogen-bond acceptors (Lipinski definition) is 7. The highest BCUT2D eigenvalue weighted by atomic mass is 16.6. The third kappa shape index (κ3) is 7.35. The molecule has 0 atom stereocenters. The smallest absolute Gasteiger partial charge is 0.219 e. The van der Waals surface area contributed by atoms with E-state index in [9.17, 15) is 0 Å². The van der Waals surface area contributed by atoms with Gasteiger partial charge < -0.3 is 33.2 Å². The lowest BCUT2D eigenvalue weighted by Crippen LogP contribution is -2.21. The van der Waals surface area contributed by atoms with Crippen LogP contribution in [0.2, 0.25) is 0 Å². The fraction of sp³-hybridized carbons (Fsp3) is 0.300. The molecule has 0 saturated heterocycles. The lowest BCUT2D eigenvalue weighted by atomic mass is 9.98. The molecule has 5 aromatic carbocycles. The second-order valence-electron chi connectivity index (χ2n) is 11.7. The standard InChI is InChI=1S/C40H42O7/c1-5-42-35-36(44-29-19-8-6-9-20-29)39(45-30-21-10-7-11-22-30)40(46-32-26-16-18-28-17-12-13-23-31(28)32)38(43-27(2)3)37(35)47-34-25-15-14-24-33(34)41-4/h6,8-9,12-20,23-27,30H,5,7,10-11,21-22H2,1-4H3. The third-order valence-electron chi connectivity index (χ3n) is 7.92. The van der Waals surface area contributed by atoms with Crippen molar-refractivity contribution in [3.05, 3.63) is 97.1 Å². The molecule has 1 aliphatic rings. The first-order chi connectivity index (χ1) is 23.1. The van der Waals surface area contributed by atoms with Crippen LogP contribution in [0.25, 0.3) is 10.8 Å². The van der Waals surface area contributed by atoms with Crippen molar-refractivity contribution in [3.63, 3.8) is 0 Å². The molecule has 1 fully saturated rings. The van der Waals surface area contributed by atoms with Gasteiger partial charge in [-0.1, -0.05) is 73.2 Å². The largest absolute Gasteiger partial charge is 0.493 e. The summed E-state index contributed by atoms with van der Waals surface area (Å²) in [7, 11) is 1.61. The molecule has 47 heavy (non-hydrogen) atoms. The van der Waals surface area contributed by atoms with E-state index in [4.69, 9.17) is 33.2 Å². The van der Waals surface area contributed by atoms with Gasteiger partial charge in [0.1, 0.15) is 11.5 Å².